The van der Waals surface area contributed by atoms with Gasteiger partial charge in [-0.3, -0.25) is 9.59 Å². The van der Waals surface area contributed by atoms with E-state index in [1.165, 1.54) is 6.42 Å². The molecule has 6 nitrogen and oxygen atoms in total. The molecule has 0 unspecified atom stereocenters. The fraction of sp³-hybridized carbons (Fsp3) is 0.320. The van der Waals surface area contributed by atoms with Crippen molar-refractivity contribution >= 4 is 17.5 Å². The van der Waals surface area contributed by atoms with Crippen LogP contribution in [0, 0.1) is 0 Å². The monoisotopic (exact) mass is 417 g/mol. The number of benzene rings is 2. The maximum absolute atomic E-state index is 12.9. The van der Waals surface area contributed by atoms with Crippen molar-refractivity contribution < 1.29 is 14.0 Å². The van der Waals surface area contributed by atoms with Crippen molar-refractivity contribution in [3.8, 4) is 11.3 Å². The van der Waals surface area contributed by atoms with Gasteiger partial charge in [0.25, 0.3) is 5.91 Å². The lowest BCUT2D eigenvalue weighted by Gasteiger charge is -2.27. The molecule has 2 amide bonds. The van der Waals surface area contributed by atoms with E-state index in [-0.39, 0.29) is 11.8 Å². The second-order valence-electron chi connectivity index (χ2n) is 7.78. The lowest BCUT2D eigenvalue weighted by atomic mass is 10.1. The third-order valence-corrected chi connectivity index (χ3v) is 5.48. The molecule has 1 fully saturated rings. The molecular formula is C25H27N3O3. The average Bonchev–Trinajstić information content (AvgIpc) is 3.29. The SMILES string of the molecule is O=C(CCCc1ncc(-c2ccccc2)o1)Nc1ccccc1C(=O)N1CCCCC1. The smallest absolute Gasteiger partial charge is 0.255 e. The summed E-state index contributed by atoms with van der Waals surface area (Å²) in [6.07, 6.45) is 6.47. The molecule has 3 aromatic rings. The molecule has 0 aliphatic carbocycles. The van der Waals surface area contributed by atoms with E-state index in [1.54, 1.807) is 18.3 Å². The number of rotatable bonds is 7. The Labute approximate surface area is 182 Å². The molecule has 31 heavy (non-hydrogen) atoms. The maximum Gasteiger partial charge on any atom is 0.255 e. The Kier molecular flexibility index (Phi) is 6.77. The lowest BCUT2D eigenvalue weighted by molar-refractivity contribution is -0.116. The van der Waals surface area contributed by atoms with Crippen LogP contribution in [0.15, 0.2) is 65.2 Å². The van der Waals surface area contributed by atoms with Crippen molar-refractivity contribution in [3.05, 3.63) is 72.2 Å². The van der Waals surface area contributed by atoms with E-state index in [0.29, 0.717) is 36.4 Å². The van der Waals surface area contributed by atoms with Gasteiger partial charge in [-0.15, -0.1) is 0 Å². The molecule has 2 heterocycles. The van der Waals surface area contributed by atoms with Gasteiger partial charge in [0.2, 0.25) is 5.91 Å². The van der Waals surface area contributed by atoms with Crippen LogP contribution in [0.1, 0.15) is 48.4 Å². The predicted octanol–water partition coefficient (Wildman–Crippen LogP) is 4.93. The van der Waals surface area contributed by atoms with Gasteiger partial charge in [-0.1, -0.05) is 42.5 Å². The Balaban J connectivity index is 1.30. The van der Waals surface area contributed by atoms with E-state index >= 15 is 0 Å². The van der Waals surface area contributed by atoms with Crippen molar-refractivity contribution in [2.45, 2.75) is 38.5 Å². The summed E-state index contributed by atoms with van der Waals surface area (Å²) in [4.78, 5) is 31.6. The van der Waals surface area contributed by atoms with Crippen LogP contribution in [0.5, 0.6) is 0 Å². The van der Waals surface area contributed by atoms with E-state index in [2.05, 4.69) is 10.3 Å². The number of aromatic nitrogens is 1. The largest absolute Gasteiger partial charge is 0.441 e. The second-order valence-corrected chi connectivity index (χ2v) is 7.78. The number of nitrogens with one attached hydrogen (secondary N) is 1. The zero-order valence-corrected chi connectivity index (χ0v) is 17.5. The Morgan fingerprint density at radius 1 is 0.968 bits per heavy atom. The first-order chi connectivity index (χ1) is 15.2. The number of para-hydroxylation sites is 1. The van der Waals surface area contributed by atoms with Gasteiger partial charge in [0.05, 0.1) is 17.4 Å². The number of hydrogen-bond acceptors (Lipinski definition) is 4. The fourth-order valence-corrected chi connectivity index (χ4v) is 3.82. The van der Waals surface area contributed by atoms with Crippen LogP contribution in [0.25, 0.3) is 11.3 Å². The van der Waals surface area contributed by atoms with E-state index in [9.17, 15) is 9.59 Å². The highest BCUT2D eigenvalue weighted by Gasteiger charge is 2.21. The van der Waals surface area contributed by atoms with Crippen LogP contribution >= 0.6 is 0 Å². The number of oxazole rings is 1. The Hall–Kier alpha value is -3.41. The molecule has 0 saturated carbocycles. The summed E-state index contributed by atoms with van der Waals surface area (Å²) in [6.45, 7) is 1.56. The molecule has 0 bridgehead atoms. The molecule has 1 aromatic heterocycles. The van der Waals surface area contributed by atoms with Gasteiger partial charge < -0.3 is 14.6 Å². The number of aryl methyl sites for hydroxylation is 1. The number of nitrogens with zero attached hydrogens (tertiary/aromatic N) is 2. The summed E-state index contributed by atoms with van der Waals surface area (Å²) in [6, 6.07) is 17.0. The molecule has 1 N–H and O–H groups in total. The minimum atomic E-state index is -0.117. The van der Waals surface area contributed by atoms with Gasteiger partial charge >= 0.3 is 0 Å². The fourth-order valence-electron chi connectivity index (χ4n) is 3.82. The molecule has 6 heteroatoms. The van der Waals surface area contributed by atoms with Crippen LogP contribution in [-0.2, 0) is 11.2 Å². The standard InChI is InChI=1S/C25H27N3O3/c29-23(14-9-15-24-26-18-22(31-24)19-10-3-1-4-11-19)27-21-13-6-5-12-20(21)25(30)28-16-7-2-8-17-28/h1,3-6,10-13,18H,2,7-9,14-17H2,(H,27,29). The zero-order chi connectivity index (χ0) is 21.5. The Bertz CT molecular complexity index is 1020. The van der Waals surface area contributed by atoms with E-state index in [0.717, 1.165) is 37.3 Å². The van der Waals surface area contributed by atoms with E-state index in [1.807, 2.05) is 47.4 Å². The molecule has 0 atom stereocenters. The van der Waals surface area contributed by atoms with Gasteiger partial charge in [0.15, 0.2) is 11.7 Å². The molecule has 0 spiro atoms. The third-order valence-electron chi connectivity index (χ3n) is 5.48. The summed E-state index contributed by atoms with van der Waals surface area (Å²) in [5, 5.41) is 2.91. The van der Waals surface area contributed by atoms with Crippen LogP contribution in [-0.4, -0.2) is 34.8 Å². The van der Waals surface area contributed by atoms with Crippen molar-refractivity contribution in [3.63, 3.8) is 0 Å². The summed E-state index contributed by atoms with van der Waals surface area (Å²) < 4.78 is 5.79. The molecule has 2 aromatic carbocycles. The van der Waals surface area contributed by atoms with Gasteiger partial charge in [-0.05, 0) is 37.8 Å². The second kappa shape index (κ2) is 10.1. The number of hydrogen-bond donors (Lipinski definition) is 1. The number of carbonyl (C=O) groups is 2. The molecular weight excluding hydrogens is 390 g/mol. The highest BCUT2D eigenvalue weighted by molar-refractivity contribution is 6.03. The summed E-state index contributed by atoms with van der Waals surface area (Å²) in [7, 11) is 0. The predicted molar refractivity (Wildman–Crippen MR) is 120 cm³/mol. The van der Waals surface area contributed by atoms with Crippen LogP contribution in [0.4, 0.5) is 5.69 Å². The van der Waals surface area contributed by atoms with E-state index in [4.69, 9.17) is 4.42 Å². The van der Waals surface area contributed by atoms with Gasteiger partial charge in [0.1, 0.15) is 0 Å². The molecule has 1 aliphatic heterocycles. The lowest BCUT2D eigenvalue weighted by Crippen LogP contribution is -2.36. The van der Waals surface area contributed by atoms with Gasteiger partial charge in [-0.2, -0.15) is 0 Å². The van der Waals surface area contributed by atoms with Crippen molar-refractivity contribution in [1.82, 2.24) is 9.88 Å². The first-order valence-electron chi connectivity index (χ1n) is 10.9. The van der Waals surface area contributed by atoms with Crippen molar-refractivity contribution in [2.75, 3.05) is 18.4 Å². The summed E-state index contributed by atoms with van der Waals surface area (Å²) >= 11 is 0. The highest BCUT2D eigenvalue weighted by Crippen LogP contribution is 2.22. The molecule has 4 rings (SSSR count). The first kappa shape index (κ1) is 20.8. The van der Waals surface area contributed by atoms with Crippen molar-refractivity contribution in [2.24, 2.45) is 0 Å². The quantitative estimate of drug-likeness (QED) is 0.591. The number of amides is 2. The van der Waals surface area contributed by atoms with Gasteiger partial charge in [0, 0.05) is 31.5 Å². The number of anilines is 1. The Morgan fingerprint density at radius 3 is 2.52 bits per heavy atom. The topological polar surface area (TPSA) is 75.4 Å². The molecule has 1 aliphatic rings. The minimum Gasteiger partial charge on any atom is -0.441 e. The molecule has 160 valence electrons. The Morgan fingerprint density at radius 2 is 1.71 bits per heavy atom. The average molecular weight is 418 g/mol. The van der Waals surface area contributed by atoms with Crippen LogP contribution in [0.2, 0.25) is 0 Å². The third kappa shape index (κ3) is 5.40. The number of piperidine rings is 1. The van der Waals surface area contributed by atoms with Crippen LogP contribution < -0.4 is 5.32 Å². The zero-order valence-electron chi connectivity index (χ0n) is 17.5. The highest BCUT2D eigenvalue weighted by atomic mass is 16.4. The maximum atomic E-state index is 12.9. The minimum absolute atomic E-state index is 0.0103. The summed E-state index contributed by atoms with van der Waals surface area (Å²) in [5.74, 6) is 1.22. The first-order valence-corrected chi connectivity index (χ1v) is 10.9. The molecule has 1 saturated heterocycles. The van der Waals surface area contributed by atoms with E-state index < -0.39 is 0 Å². The summed E-state index contributed by atoms with van der Waals surface area (Å²) in [5.41, 5.74) is 2.11. The number of carbonyl (C=O) groups excluding carboxylic acids is 2. The van der Waals surface area contributed by atoms with Gasteiger partial charge in [-0.25, -0.2) is 4.98 Å². The normalized spacial score (nSPS) is 13.7. The number of likely N-dealkylation sites (tertiary alicyclic amines) is 1. The molecule has 0 radical (unpaired) electrons. The van der Waals surface area contributed by atoms with Crippen LogP contribution in [0.3, 0.4) is 0 Å². The van der Waals surface area contributed by atoms with Crippen molar-refractivity contribution in [1.29, 1.82) is 0 Å².